The van der Waals surface area contributed by atoms with Crippen molar-refractivity contribution in [3.63, 3.8) is 0 Å². The fourth-order valence-electron chi connectivity index (χ4n) is 4.08. The third-order valence-electron chi connectivity index (χ3n) is 5.33. The number of likely N-dealkylation sites (tertiary alicyclic amines) is 1. The molecule has 0 spiro atoms. The molecule has 1 aromatic heterocycles. The van der Waals surface area contributed by atoms with Crippen molar-refractivity contribution in [1.29, 1.82) is 0 Å². The molecule has 2 saturated heterocycles. The van der Waals surface area contributed by atoms with E-state index in [1.54, 1.807) is 6.20 Å². The van der Waals surface area contributed by atoms with Gasteiger partial charge in [-0.2, -0.15) is 0 Å². The van der Waals surface area contributed by atoms with Crippen LogP contribution in [0.25, 0.3) is 10.8 Å². The van der Waals surface area contributed by atoms with Gasteiger partial charge in [0.25, 0.3) is 5.56 Å². The first-order valence-electron chi connectivity index (χ1n) is 9.09. The van der Waals surface area contributed by atoms with E-state index in [-0.39, 0.29) is 5.56 Å². The van der Waals surface area contributed by atoms with Crippen LogP contribution in [0.3, 0.4) is 0 Å². The first kappa shape index (κ1) is 15.7. The van der Waals surface area contributed by atoms with Crippen molar-refractivity contribution in [2.75, 3.05) is 38.0 Å². The monoisotopic (exact) mass is 326 g/mol. The molecule has 2 atom stereocenters. The van der Waals surface area contributed by atoms with Crippen LogP contribution in [0.15, 0.2) is 35.3 Å². The van der Waals surface area contributed by atoms with Crippen molar-refractivity contribution in [2.24, 2.45) is 5.92 Å². The first-order valence-corrected chi connectivity index (χ1v) is 9.09. The van der Waals surface area contributed by atoms with E-state index in [9.17, 15) is 4.79 Å². The maximum absolute atomic E-state index is 11.8. The smallest absolute Gasteiger partial charge is 0.255 e. The molecule has 128 valence electrons. The Hall–Kier alpha value is -1.85. The number of anilines is 1. The maximum atomic E-state index is 11.8. The van der Waals surface area contributed by atoms with Gasteiger partial charge in [0.2, 0.25) is 0 Å². The second-order valence-corrected chi connectivity index (χ2v) is 7.21. The third-order valence-corrected chi connectivity index (χ3v) is 5.33. The van der Waals surface area contributed by atoms with Gasteiger partial charge in [-0.3, -0.25) is 4.79 Å². The highest BCUT2D eigenvalue weighted by atomic mass is 16.1. The Kier molecular flexibility index (Phi) is 4.54. The standard InChI is InChI=1S/C19H26N4O/c24-19-18-4-3-16(10-15(18)5-8-21-19)22-17-6-9-23(13-17)12-14-2-1-7-20-11-14/h3-5,8,10,14,17,20,22H,1-2,6-7,9,11-13H2,(H,21,24)/t14?,17-/m0/s1. The number of rotatable bonds is 4. The SMILES string of the molecule is O=c1[nH]ccc2cc(N[C@H]3CCN(CC4CCCNC4)C3)ccc12. The van der Waals surface area contributed by atoms with E-state index >= 15 is 0 Å². The van der Waals surface area contributed by atoms with Crippen LogP contribution in [-0.4, -0.2) is 48.6 Å². The molecule has 2 fully saturated rings. The molecule has 4 rings (SSSR count). The van der Waals surface area contributed by atoms with Gasteiger partial charge in [0, 0.05) is 42.9 Å². The van der Waals surface area contributed by atoms with Crippen molar-refractivity contribution in [3.8, 4) is 0 Å². The lowest BCUT2D eigenvalue weighted by molar-refractivity contribution is 0.242. The number of H-pyrrole nitrogens is 1. The van der Waals surface area contributed by atoms with Crippen LogP contribution in [0.4, 0.5) is 5.69 Å². The van der Waals surface area contributed by atoms with Crippen molar-refractivity contribution >= 4 is 16.5 Å². The molecule has 3 N–H and O–H groups in total. The highest BCUT2D eigenvalue weighted by Gasteiger charge is 2.25. The highest BCUT2D eigenvalue weighted by molar-refractivity contribution is 5.84. The number of fused-ring (bicyclic) bond motifs is 1. The number of hydrogen-bond acceptors (Lipinski definition) is 4. The van der Waals surface area contributed by atoms with Gasteiger partial charge in [0.05, 0.1) is 0 Å². The second-order valence-electron chi connectivity index (χ2n) is 7.21. The van der Waals surface area contributed by atoms with E-state index < -0.39 is 0 Å². The molecule has 5 heteroatoms. The zero-order chi connectivity index (χ0) is 16.4. The molecule has 2 aliphatic heterocycles. The number of nitrogens with zero attached hydrogens (tertiary/aromatic N) is 1. The zero-order valence-electron chi connectivity index (χ0n) is 14.1. The Morgan fingerprint density at radius 1 is 1.25 bits per heavy atom. The number of pyridine rings is 1. The van der Waals surface area contributed by atoms with Crippen LogP contribution in [0.2, 0.25) is 0 Å². The number of benzene rings is 1. The summed E-state index contributed by atoms with van der Waals surface area (Å²) in [6.07, 6.45) is 5.58. The molecule has 0 radical (unpaired) electrons. The maximum Gasteiger partial charge on any atom is 0.255 e. The van der Waals surface area contributed by atoms with Crippen LogP contribution in [0.5, 0.6) is 0 Å². The molecule has 0 aliphatic carbocycles. The molecule has 1 unspecified atom stereocenters. The summed E-state index contributed by atoms with van der Waals surface area (Å²) in [4.78, 5) is 17.1. The first-order chi connectivity index (χ1) is 11.8. The zero-order valence-corrected chi connectivity index (χ0v) is 14.1. The van der Waals surface area contributed by atoms with E-state index in [0.29, 0.717) is 6.04 Å². The Morgan fingerprint density at radius 2 is 2.21 bits per heavy atom. The minimum atomic E-state index is -0.0211. The van der Waals surface area contributed by atoms with Crippen LogP contribution < -0.4 is 16.2 Å². The predicted molar refractivity (Wildman–Crippen MR) is 98.6 cm³/mol. The van der Waals surface area contributed by atoms with E-state index in [0.717, 1.165) is 28.9 Å². The average molecular weight is 326 g/mol. The number of piperidine rings is 1. The molecule has 2 aliphatic rings. The van der Waals surface area contributed by atoms with Crippen molar-refractivity contribution < 1.29 is 0 Å². The lowest BCUT2D eigenvalue weighted by Crippen LogP contribution is -2.38. The minimum absolute atomic E-state index is 0.0211. The highest BCUT2D eigenvalue weighted by Crippen LogP contribution is 2.21. The van der Waals surface area contributed by atoms with Gasteiger partial charge in [-0.15, -0.1) is 0 Å². The van der Waals surface area contributed by atoms with Gasteiger partial charge in [-0.25, -0.2) is 0 Å². The summed E-state index contributed by atoms with van der Waals surface area (Å²) >= 11 is 0. The lowest BCUT2D eigenvalue weighted by atomic mass is 9.99. The molecule has 3 heterocycles. The molecule has 2 aromatic rings. The van der Waals surface area contributed by atoms with Crippen molar-refractivity contribution in [3.05, 3.63) is 40.8 Å². The average Bonchev–Trinajstić information content (AvgIpc) is 3.03. The fraction of sp³-hybridized carbons (Fsp3) is 0.526. The van der Waals surface area contributed by atoms with Gasteiger partial charge >= 0.3 is 0 Å². The van der Waals surface area contributed by atoms with E-state index in [1.807, 2.05) is 18.2 Å². The number of aromatic amines is 1. The van der Waals surface area contributed by atoms with Gasteiger partial charge in [0.1, 0.15) is 0 Å². The normalized spacial score (nSPS) is 25.2. The van der Waals surface area contributed by atoms with Crippen LogP contribution in [0, 0.1) is 5.92 Å². The van der Waals surface area contributed by atoms with E-state index in [4.69, 9.17) is 0 Å². The molecular weight excluding hydrogens is 300 g/mol. The summed E-state index contributed by atoms with van der Waals surface area (Å²) in [7, 11) is 0. The Labute approximate surface area is 142 Å². The van der Waals surface area contributed by atoms with E-state index in [2.05, 4.69) is 26.6 Å². The lowest BCUT2D eigenvalue weighted by Gasteiger charge is -2.27. The van der Waals surface area contributed by atoms with Gasteiger partial charge in [0.15, 0.2) is 0 Å². The summed E-state index contributed by atoms with van der Waals surface area (Å²) in [6, 6.07) is 8.47. The predicted octanol–water partition coefficient (Wildman–Crippen LogP) is 2.01. The van der Waals surface area contributed by atoms with Crippen LogP contribution >= 0.6 is 0 Å². The molecule has 0 bridgehead atoms. The Morgan fingerprint density at radius 3 is 3.08 bits per heavy atom. The molecule has 0 amide bonds. The van der Waals surface area contributed by atoms with Gasteiger partial charge < -0.3 is 20.5 Å². The van der Waals surface area contributed by atoms with Gasteiger partial charge in [-0.1, -0.05) is 0 Å². The van der Waals surface area contributed by atoms with Crippen molar-refractivity contribution in [1.82, 2.24) is 15.2 Å². The molecule has 24 heavy (non-hydrogen) atoms. The van der Waals surface area contributed by atoms with Gasteiger partial charge in [-0.05, 0) is 67.9 Å². The topological polar surface area (TPSA) is 60.2 Å². The largest absolute Gasteiger partial charge is 0.381 e. The molecule has 0 saturated carbocycles. The number of hydrogen-bond donors (Lipinski definition) is 3. The van der Waals surface area contributed by atoms with Crippen molar-refractivity contribution in [2.45, 2.75) is 25.3 Å². The summed E-state index contributed by atoms with van der Waals surface area (Å²) in [5.41, 5.74) is 1.09. The summed E-state index contributed by atoms with van der Waals surface area (Å²) in [5.74, 6) is 0.810. The molecule has 5 nitrogen and oxygen atoms in total. The summed E-state index contributed by atoms with van der Waals surface area (Å²) < 4.78 is 0. The van der Waals surface area contributed by atoms with Crippen LogP contribution in [0.1, 0.15) is 19.3 Å². The number of aromatic nitrogens is 1. The second kappa shape index (κ2) is 6.95. The fourth-order valence-corrected chi connectivity index (χ4v) is 4.08. The third kappa shape index (κ3) is 3.47. The molecule has 1 aromatic carbocycles. The number of nitrogens with one attached hydrogen (secondary N) is 3. The Bertz CT molecular complexity index is 750. The summed E-state index contributed by atoms with van der Waals surface area (Å²) in [6.45, 7) is 5.88. The van der Waals surface area contributed by atoms with Crippen LogP contribution in [-0.2, 0) is 0 Å². The van der Waals surface area contributed by atoms with E-state index in [1.165, 1.54) is 45.4 Å². The Balaban J connectivity index is 1.37. The minimum Gasteiger partial charge on any atom is -0.381 e. The summed E-state index contributed by atoms with van der Waals surface area (Å²) in [5, 5.41) is 8.90. The molecular formula is C19H26N4O. The quantitative estimate of drug-likeness (QED) is 0.804.